The molecule has 2 aromatic carbocycles. The lowest BCUT2D eigenvalue weighted by atomic mass is 10.0. The monoisotopic (exact) mass is 282 g/mol. The van der Waals surface area contributed by atoms with Gasteiger partial charge in [0.1, 0.15) is 11.4 Å². The summed E-state index contributed by atoms with van der Waals surface area (Å²) >= 11 is 0. The van der Waals surface area contributed by atoms with Crippen molar-refractivity contribution in [1.82, 2.24) is 0 Å². The van der Waals surface area contributed by atoms with Crippen molar-refractivity contribution in [2.75, 3.05) is 0 Å². The number of ketones is 1. The maximum Gasteiger partial charge on any atom is 0.169 e. The van der Waals surface area contributed by atoms with Crippen LogP contribution in [0.5, 0.6) is 17.2 Å². The van der Waals surface area contributed by atoms with Crippen LogP contribution < -0.4 is 9.47 Å². The van der Waals surface area contributed by atoms with Crippen molar-refractivity contribution in [2.24, 2.45) is 0 Å². The summed E-state index contributed by atoms with van der Waals surface area (Å²) in [5.74, 6) is 2.16. The van der Waals surface area contributed by atoms with Gasteiger partial charge >= 0.3 is 0 Å². The Labute approximate surface area is 124 Å². The van der Waals surface area contributed by atoms with Crippen LogP contribution in [-0.4, -0.2) is 11.4 Å². The zero-order valence-electron chi connectivity index (χ0n) is 12.5. The second-order valence-electron chi connectivity index (χ2n) is 5.97. The van der Waals surface area contributed by atoms with E-state index in [1.165, 1.54) is 0 Å². The minimum atomic E-state index is -0.205. The Morgan fingerprint density at radius 3 is 2.71 bits per heavy atom. The molecule has 0 saturated carbocycles. The molecule has 21 heavy (non-hydrogen) atoms. The van der Waals surface area contributed by atoms with Crippen molar-refractivity contribution < 1.29 is 14.3 Å². The Kier molecular flexibility index (Phi) is 3.20. The third-order valence-electron chi connectivity index (χ3n) is 3.52. The van der Waals surface area contributed by atoms with Crippen molar-refractivity contribution in [1.29, 1.82) is 0 Å². The lowest BCUT2D eigenvalue weighted by Gasteiger charge is -2.18. The highest BCUT2D eigenvalue weighted by atomic mass is 16.5. The van der Waals surface area contributed by atoms with E-state index in [0.717, 1.165) is 17.7 Å². The largest absolute Gasteiger partial charge is 0.483 e. The Hall–Kier alpha value is -2.29. The summed E-state index contributed by atoms with van der Waals surface area (Å²) in [5, 5.41) is 0. The molecule has 0 radical (unpaired) electrons. The number of Topliss-reactive ketones (excluding diaryl/α,β-unsaturated/α-hetero) is 1. The van der Waals surface area contributed by atoms with E-state index in [0.29, 0.717) is 17.1 Å². The van der Waals surface area contributed by atoms with E-state index in [2.05, 4.69) is 19.9 Å². The van der Waals surface area contributed by atoms with Gasteiger partial charge in [0, 0.05) is 17.5 Å². The van der Waals surface area contributed by atoms with Gasteiger partial charge in [-0.1, -0.05) is 24.3 Å². The molecular formula is C18H18O3. The van der Waals surface area contributed by atoms with Crippen molar-refractivity contribution in [2.45, 2.75) is 32.8 Å². The smallest absolute Gasteiger partial charge is 0.169 e. The molecule has 3 nitrogen and oxygen atoms in total. The minimum Gasteiger partial charge on any atom is -0.483 e. The van der Waals surface area contributed by atoms with Crippen LogP contribution in [0.3, 0.4) is 0 Å². The highest BCUT2D eigenvalue weighted by molar-refractivity contribution is 5.94. The van der Waals surface area contributed by atoms with E-state index in [1.54, 1.807) is 19.1 Å². The van der Waals surface area contributed by atoms with Gasteiger partial charge in [-0.2, -0.15) is 0 Å². The molecule has 0 amide bonds. The summed E-state index contributed by atoms with van der Waals surface area (Å²) in [6, 6.07) is 13.1. The Morgan fingerprint density at radius 2 is 1.95 bits per heavy atom. The molecule has 0 unspecified atom stereocenters. The van der Waals surface area contributed by atoms with Crippen molar-refractivity contribution in [3.8, 4) is 17.2 Å². The maximum atomic E-state index is 11.4. The summed E-state index contributed by atoms with van der Waals surface area (Å²) in [6.07, 6.45) is 0.868. The van der Waals surface area contributed by atoms with E-state index in [1.807, 2.05) is 24.3 Å². The highest BCUT2D eigenvalue weighted by Crippen LogP contribution is 2.43. The number of carbonyl (C=O) groups excluding carboxylic acids is 1. The van der Waals surface area contributed by atoms with E-state index in [4.69, 9.17) is 9.47 Å². The van der Waals surface area contributed by atoms with Gasteiger partial charge in [0.2, 0.25) is 0 Å². The molecule has 108 valence electrons. The van der Waals surface area contributed by atoms with Crippen LogP contribution in [0.25, 0.3) is 0 Å². The lowest BCUT2D eigenvalue weighted by molar-refractivity contribution is 0.101. The normalized spacial score (nSPS) is 15.2. The molecule has 0 fully saturated rings. The van der Waals surface area contributed by atoms with Crippen LogP contribution in [0.2, 0.25) is 0 Å². The predicted octanol–water partition coefficient (Wildman–Crippen LogP) is 4.40. The summed E-state index contributed by atoms with van der Waals surface area (Å²) in [7, 11) is 0. The van der Waals surface area contributed by atoms with Crippen LogP contribution >= 0.6 is 0 Å². The molecule has 2 aromatic rings. The summed E-state index contributed by atoms with van der Waals surface area (Å²) < 4.78 is 11.9. The van der Waals surface area contributed by atoms with Crippen LogP contribution in [0.4, 0.5) is 0 Å². The predicted molar refractivity (Wildman–Crippen MR) is 81.4 cm³/mol. The fraction of sp³-hybridized carbons (Fsp3) is 0.278. The maximum absolute atomic E-state index is 11.4. The lowest BCUT2D eigenvalue weighted by Crippen LogP contribution is -2.24. The first-order chi connectivity index (χ1) is 9.94. The zero-order valence-corrected chi connectivity index (χ0v) is 12.5. The Balaban J connectivity index is 1.92. The second kappa shape index (κ2) is 4.92. The van der Waals surface area contributed by atoms with Gasteiger partial charge in [-0.25, -0.2) is 0 Å². The molecule has 1 aliphatic heterocycles. The summed E-state index contributed by atoms with van der Waals surface area (Å²) in [5.41, 5.74) is 1.59. The molecule has 0 atom stereocenters. The Bertz CT molecular complexity index is 701. The van der Waals surface area contributed by atoms with Crippen LogP contribution in [-0.2, 0) is 6.42 Å². The molecule has 0 saturated heterocycles. The van der Waals surface area contributed by atoms with Crippen molar-refractivity contribution >= 4 is 5.78 Å². The average Bonchev–Trinajstić information content (AvgIpc) is 2.74. The fourth-order valence-corrected chi connectivity index (χ4v) is 2.57. The molecule has 1 aliphatic rings. The van der Waals surface area contributed by atoms with E-state index >= 15 is 0 Å². The fourth-order valence-electron chi connectivity index (χ4n) is 2.57. The van der Waals surface area contributed by atoms with E-state index in [-0.39, 0.29) is 11.4 Å². The van der Waals surface area contributed by atoms with Gasteiger partial charge in [0.25, 0.3) is 0 Å². The third kappa shape index (κ3) is 2.77. The average molecular weight is 282 g/mol. The van der Waals surface area contributed by atoms with Crippen LogP contribution in [0, 0.1) is 0 Å². The third-order valence-corrected chi connectivity index (χ3v) is 3.52. The molecule has 0 aliphatic carbocycles. The standard InChI is InChI=1S/C18H18O3/c1-12(19)13-6-4-8-15(10-13)20-16-9-5-7-14-11-18(2,3)21-17(14)16/h4-10H,11H2,1-3H3. The van der Waals surface area contributed by atoms with Crippen LogP contribution in [0.15, 0.2) is 42.5 Å². The molecule has 0 spiro atoms. The van der Waals surface area contributed by atoms with Gasteiger partial charge in [0.15, 0.2) is 17.3 Å². The number of hydrogen-bond acceptors (Lipinski definition) is 3. The highest BCUT2D eigenvalue weighted by Gasteiger charge is 2.32. The number of para-hydroxylation sites is 1. The first kappa shape index (κ1) is 13.7. The van der Waals surface area contributed by atoms with Crippen molar-refractivity contribution in [3.05, 3.63) is 53.6 Å². The van der Waals surface area contributed by atoms with Gasteiger partial charge in [-0.05, 0) is 39.0 Å². The molecule has 3 rings (SSSR count). The number of fused-ring (bicyclic) bond motifs is 1. The topological polar surface area (TPSA) is 35.5 Å². The van der Waals surface area contributed by atoms with Gasteiger partial charge in [0.05, 0.1) is 0 Å². The molecule has 3 heteroatoms. The number of hydrogen-bond donors (Lipinski definition) is 0. The molecular weight excluding hydrogens is 264 g/mol. The van der Waals surface area contributed by atoms with E-state index in [9.17, 15) is 4.79 Å². The van der Waals surface area contributed by atoms with Gasteiger partial charge in [-0.3, -0.25) is 4.79 Å². The molecule has 0 aromatic heterocycles. The van der Waals surface area contributed by atoms with E-state index < -0.39 is 0 Å². The SMILES string of the molecule is CC(=O)c1cccc(Oc2cccc3c2OC(C)(C)C3)c1. The second-order valence-corrected chi connectivity index (χ2v) is 5.97. The minimum absolute atomic E-state index is 0.0242. The first-order valence-corrected chi connectivity index (χ1v) is 7.04. The summed E-state index contributed by atoms with van der Waals surface area (Å²) in [6.45, 7) is 5.67. The first-order valence-electron chi connectivity index (χ1n) is 7.04. The number of rotatable bonds is 3. The van der Waals surface area contributed by atoms with Gasteiger partial charge < -0.3 is 9.47 Å². The van der Waals surface area contributed by atoms with Crippen molar-refractivity contribution in [3.63, 3.8) is 0 Å². The quantitative estimate of drug-likeness (QED) is 0.783. The molecule has 0 bridgehead atoms. The molecule has 0 N–H and O–H groups in total. The molecule has 1 heterocycles. The van der Waals surface area contributed by atoms with Crippen LogP contribution in [0.1, 0.15) is 36.7 Å². The summed E-state index contributed by atoms with van der Waals surface area (Å²) in [4.78, 5) is 11.4. The Morgan fingerprint density at radius 1 is 1.19 bits per heavy atom. The zero-order chi connectivity index (χ0) is 15.0. The number of ether oxygens (including phenoxy) is 2. The number of carbonyl (C=O) groups is 1. The number of benzene rings is 2. The van der Waals surface area contributed by atoms with Gasteiger partial charge in [-0.15, -0.1) is 0 Å².